The highest BCUT2D eigenvalue weighted by atomic mass is 19.1. The van der Waals surface area contributed by atoms with Crippen LogP contribution in [0.1, 0.15) is 42.6 Å². The number of para-hydroxylation sites is 3. The Balaban J connectivity index is 1.01. The van der Waals surface area contributed by atoms with Gasteiger partial charge in [0.25, 0.3) is 0 Å². The molecule has 3 aromatic carbocycles. The average molecular weight is 636 g/mol. The minimum atomic E-state index is -0.522. The van der Waals surface area contributed by atoms with E-state index in [9.17, 15) is 9.18 Å². The second-order valence-corrected chi connectivity index (χ2v) is 13.0. The average Bonchev–Trinajstić information content (AvgIpc) is 3.82. The quantitative estimate of drug-likeness (QED) is 0.163. The number of nitrogens with zero attached hydrogens (tertiary/aromatic N) is 4. The van der Waals surface area contributed by atoms with Crippen LogP contribution >= 0.6 is 0 Å². The minimum Gasteiger partial charge on any atom is -0.496 e. The highest BCUT2D eigenvalue weighted by Gasteiger charge is 2.46. The van der Waals surface area contributed by atoms with E-state index in [0.717, 1.165) is 84.9 Å². The second kappa shape index (κ2) is 13.6. The summed E-state index contributed by atoms with van der Waals surface area (Å²) in [7, 11) is 1.67. The predicted molar refractivity (Wildman–Crippen MR) is 181 cm³/mol. The van der Waals surface area contributed by atoms with Gasteiger partial charge in [0, 0.05) is 37.8 Å². The summed E-state index contributed by atoms with van der Waals surface area (Å²) in [5.74, 6) is 2.48. The summed E-state index contributed by atoms with van der Waals surface area (Å²) in [5, 5.41) is 3.74. The van der Waals surface area contributed by atoms with Crippen LogP contribution < -0.4 is 10.1 Å². The van der Waals surface area contributed by atoms with E-state index >= 15 is 0 Å². The maximum Gasteiger partial charge on any atom is 0.229 e. The van der Waals surface area contributed by atoms with Gasteiger partial charge in [-0.25, -0.2) is 9.37 Å². The third-order valence-corrected chi connectivity index (χ3v) is 9.99. The van der Waals surface area contributed by atoms with E-state index in [0.29, 0.717) is 32.1 Å². The number of amides is 1. The van der Waals surface area contributed by atoms with Crippen molar-refractivity contribution < 1.29 is 18.3 Å². The Morgan fingerprint density at radius 2 is 1.74 bits per heavy atom. The number of carbonyl (C=O) groups is 1. The highest BCUT2D eigenvalue weighted by Crippen LogP contribution is 2.40. The Hall–Kier alpha value is -4.63. The fourth-order valence-electron chi connectivity index (χ4n) is 7.32. The number of furan rings is 1. The summed E-state index contributed by atoms with van der Waals surface area (Å²) >= 11 is 0. The highest BCUT2D eigenvalue weighted by molar-refractivity contribution is 5.85. The number of halogens is 1. The van der Waals surface area contributed by atoms with Gasteiger partial charge in [-0.2, -0.15) is 0 Å². The third-order valence-electron chi connectivity index (χ3n) is 9.99. The van der Waals surface area contributed by atoms with Crippen LogP contribution in [0.4, 0.5) is 10.3 Å². The van der Waals surface area contributed by atoms with Gasteiger partial charge < -0.3 is 28.8 Å². The first-order valence-electron chi connectivity index (χ1n) is 16.6. The van der Waals surface area contributed by atoms with E-state index in [1.165, 1.54) is 12.1 Å². The summed E-state index contributed by atoms with van der Waals surface area (Å²) in [6.45, 7) is 4.58. The van der Waals surface area contributed by atoms with Crippen LogP contribution in [0.3, 0.4) is 0 Å². The Bertz CT molecular complexity index is 1800. The fraction of sp³-hybridized carbons (Fsp3) is 0.368. The smallest absolute Gasteiger partial charge is 0.229 e. The molecule has 0 bridgehead atoms. The van der Waals surface area contributed by atoms with Gasteiger partial charge in [0.05, 0.1) is 36.4 Å². The first-order valence-corrected chi connectivity index (χ1v) is 16.6. The van der Waals surface area contributed by atoms with E-state index < -0.39 is 5.41 Å². The van der Waals surface area contributed by atoms with Crippen LogP contribution in [0.15, 0.2) is 95.6 Å². The number of aromatic nitrogens is 2. The third kappa shape index (κ3) is 6.76. The molecule has 5 aromatic rings. The number of benzene rings is 3. The SMILES string of the molecule is COc1ccccc1CN1CCC(CCN2CCC(Nc3nc4ccccc4n3Cc3ccco3)CC2)(Cc2ccc(F)cc2)C1=O. The molecule has 2 fully saturated rings. The maximum atomic E-state index is 14.2. The zero-order valence-electron chi connectivity index (χ0n) is 26.9. The monoisotopic (exact) mass is 635 g/mol. The van der Waals surface area contributed by atoms with Crippen LogP contribution in [0.25, 0.3) is 11.0 Å². The summed E-state index contributed by atoms with van der Waals surface area (Å²) in [6, 6.07) is 26.9. The summed E-state index contributed by atoms with van der Waals surface area (Å²) in [5.41, 5.74) is 3.53. The number of hydrogen-bond donors (Lipinski definition) is 1. The van der Waals surface area contributed by atoms with Crippen molar-refractivity contribution in [3.05, 3.63) is 114 Å². The van der Waals surface area contributed by atoms with Gasteiger partial charge in [0.15, 0.2) is 0 Å². The number of hydrogen-bond acceptors (Lipinski definition) is 6. The first-order chi connectivity index (χ1) is 23.0. The van der Waals surface area contributed by atoms with Gasteiger partial charge in [0.2, 0.25) is 11.9 Å². The van der Waals surface area contributed by atoms with Crippen LogP contribution in [0, 0.1) is 11.2 Å². The lowest BCUT2D eigenvalue weighted by atomic mass is 9.77. The van der Waals surface area contributed by atoms with Gasteiger partial charge in [-0.15, -0.1) is 0 Å². The van der Waals surface area contributed by atoms with Crippen molar-refractivity contribution in [2.75, 3.05) is 38.6 Å². The number of ether oxygens (including phenoxy) is 1. The normalized spacial score (nSPS) is 19.1. The molecule has 0 spiro atoms. The molecule has 0 saturated carbocycles. The number of likely N-dealkylation sites (tertiary alicyclic amines) is 2. The molecule has 9 heteroatoms. The Morgan fingerprint density at radius 1 is 0.957 bits per heavy atom. The number of anilines is 1. The first kappa shape index (κ1) is 31.0. The molecule has 1 unspecified atom stereocenters. The standard InChI is InChI=1S/C38H42FN5O3/c1-46-35-11-5-2-7-29(35)26-43-23-19-38(36(43)45,25-28-12-14-30(39)15-13-28)18-22-42-20-16-31(17-21-42)40-37-41-33-9-3-4-10-34(33)44(37)27-32-8-6-24-47-32/h2-15,24,31H,16-23,25-27H2,1H3,(H,40,41). The lowest BCUT2D eigenvalue weighted by Crippen LogP contribution is -2.43. The Morgan fingerprint density at radius 3 is 2.53 bits per heavy atom. The Labute approximate surface area is 275 Å². The van der Waals surface area contributed by atoms with Crippen molar-refractivity contribution in [3.63, 3.8) is 0 Å². The second-order valence-electron chi connectivity index (χ2n) is 13.0. The molecule has 2 aromatic heterocycles. The topological polar surface area (TPSA) is 75.8 Å². The molecule has 1 amide bonds. The van der Waals surface area contributed by atoms with Gasteiger partial charge >= 0.3 is 0 Å². The molecule has 2 aliphatic heterocycles. The van der Waals surface area contributed by atoms with Crippen LogP contribution in [-0.2, 0) is 24.3 Å². The summed E-state index contributed by atoms with van der Waals surface area (Å²) in [6.07, 6.45) is 5.84. The minimum absolute atomic E-state index is 0.180. The lowest BCUT2D eigenvalue weighted by molar-refractivity contribution is -0.137. The molecule has 2 aliphatic rings. The molecule has 47 heavy (non-hydrogen) atoms. The van der Waals surface area contributed by atoms with Crippen molar-refractivity contribution in [2.24, 2.45) is 5.41 Å². The van der Waals surface area contributed by atoms with Crippen molar-refractivity contribution >= 4 is 22.9 Å². The molecule has 1 N–H and O–H groups in total. The number of nitrogens with one attached hydrogen (secondary N) is 1. The molecule has 4 heterocycles. The number of rotatable bonds is 12. The van der Waals surface area contributed by atoms with Crippen molar-refractivity contribution in [3.8, 4) is 5.75 Å². The van der Waals surface area contributed by atoms with E-state index in [2.05, 4.69) is 20.9 Å². The van der Waals surface area contributed by atoms with Crippen LogP contribution in [-0.4, -0.2) is 64.6 Å². The van der Waals surface area contributed by atoms with Gasteiger partial charge in [-0.1, -0.05) is 42.5 Å². The zero-order valence-corrected chi connectivity index (χ0v) is 26.9. The van der Waals surface area contributed by atoms with E-state index in [1.54, 1.807) is 13.4 Å². The number of fused-ring (bicyclic) bond motifs is 1. The largest absolute Gasteiger partial charge is 0.496 e. The van der Waals surface area contributed by atoms with E-state index in [-0.39, 0.29) is 11.7 Å². The molecule has 1 atom stereocenters. The van der Waals surface area contributed by atoms with Crippen LogP contribution in [0.2, 0.25) is 0 Å². The molecule has 0 aliphatic carbocycles. The zero-order chi connectivity index (χ0) is 32.2. The summed E-state index contributed by atoms with van der Waals surface area (Å²) < 4.78 is 27.2. The van der Waals surface area contributed by atoms with Crippen LogP contribution in [0.5, 0.6) is 5.75 Å². The molecule has 7 rings (SSSR count). The van der Waals surface area contributed by atoms with Crippen molar-refractivity contribution in [1.29, 1.82) is 0 Å². The number of imidazole rings is 1. The van der Waals surface area contributed by atoms with E-state index in [1.807, 2.05) is 71.6 Å². The van der Waals surface area contributed by atoms with Gasteiger partial charge in [-0.3, -0.25) is 4.79 Å². The van der Waals surface area contributed by atoms with Crippen molar-refractivity contribution in [1.82, 2.24) is 19.4 Å². The summed E-state index contributed by atoms with van der Waals surface area (Å²) in [4.78, 5) is 23.6. The number of piperidine rings is 1. The molecular weight excluding hydrogens is 593 g/mol. The van der Waals surface area contributed by atoms with E-state index in [4.69, 9.17) is 14.1 Å². The molecular formula is C38H42FN5O3. The van der Waals surface area contributed by atoms with Gasteiger partial charge in [0.1, 0.15) is 17.3 Å². The molecule has 0 radical (unpaired) electrons. The number of carbonyl (C=O) groups excluding carboxylic acids is 1. The fourth-order valence-corrected chi connectivity index (χ4v) is 7.32. The molecule has 8 nitrogen and oxygen atoms in total. The van der Waals surface area contributed by atoms with Crippen molar-refractivity contribution in [2.45, 2.75) is 51.2 Å². The Kier molecular flexibility index (Phi) is 8.98. The molecule has 2 saturated heterocycles. The number of methoxy groups -OCH3 is 1. The predicted octanol–water partition coefficient (Wildman–Crippen LogP) is 6.75. The molecule has 244 valence electrons. The lowest BCUT2D eigenvalue weighted by Gasteiger charge is -2.35. The van der Waals surface area contributed by atoms with Gasteiger partial charge in [-0.05, 0) is 86.7 Å². The maximum absolute atomic E-state index is 14.2.